The van der Waals surface area contributed by atoms with Gasteiger partial charge in [0.15, 0.2) is 0 Å². The molecule has 0 spiro atoms. The molecule has 0 fully saturated rings. The van der Waals surface area contributed by atoms with E-state index in [4.69, 9.17) is 9.15 Å². The van der Waals surface area contributed by atoms with Gasteiger partial charge >= 0.3 is 5.63 Å². The lowest BCUT2D eigenvalue weighted by Gasteiger charge is -2.29. The highest BCUT2D eigenvalue weighted by molar-refractivity contribution is 5.90. The Bertz CT molecular complexity index is 1280. The van der Waals surface area contributed by atoms with Crippen LogP contribution in [0.4, 0.5) is 4.39 Å². The van der Waals surface area contributed by atoms with E-state index in [1.54, 1.807) is 12.1 Å². The lowest BCUT2D eigenvalue weighted by Crippen LogP contribution is -2.31. The van der Waals surface area contributed by atoms with Crippen molar-refractivity contribution in [3.8, 4) is 16.9 Å². The Balaban J connectivity index is 1.55. The van der Waals surface area contributed by atoms with Crippen molar-refractivity contribution in [3.05, 3.63) is 99.7 Å². The van der Waals surface area contributed by atoms with Crippen molar-refractivity contribution in [2.75, 3.05) is 6.73 Å². The van der Waals surface area contributed by atoms with Crippen LogP contribution in [0.1, 0.15) is 16.7 Å². The summed E-state index contributed by atoms with van der Waals surface area (Å²) in [5.41, 5.74) is 4.40. The summed E-state index contributed by atoms with van der Waals surface area (Å²) in [5.74, 6) is 0.476. The minimum Gasteiger partial charge on any atom is -0.478 e. The molecule has 0 saturated heterocycles. The second-order valence-electron chi connectivity index (χ2n) is 7.56. The molecule has 1 aromatic heterocycles. The van der Waals surface area contributed by atoms with Gasteiger partial charge in [0.05, 0.1) is 11.1 Å². The molecule has 150 valence electrons. The summed E-state index contributed by atoms with van der Waals surface area (Å²) in [5, 5.41) is 0.902. The van der Waals surface area contributed by atoms with Gasteiger partial charge in [0.25, 0.3) is 0 Å². The monoisotopic (exact) mass is 401 g/mol. The normalized spacial score (nSPS) is 13.8. The lowest BCUT2D eigenvalue weighted by atomic mass is 9.97. The molecule has 4 nitrogen and oxygen atoms in total. The van der Waals surface area contributed by atoms with Crippen molar-refractivity contribution < 1.29 is 13.5 Å². The van der Waals surface area contributed by atoms with Crippen LogP contribution in [0.25, 0.3) is 22.1 Å². The molecule has 0 aliphatic carbocycles. The molecule has 0 unspecified atom stereocenters. The van der Waals surface area contributed by atoms with Crippen molar-refractivity contribution in [2.24, 2.45) is 0 Å². The molecule has 0 amide bonds. The van der Waals surface area contributed by atoms with E-state index in [2.05, 4.69) is 4.90 Å². The summed E-state index contributed by atoms with van der Waals surface area (Å²) in [4.78, 5) is 15.0. The molecule has 0 atom stereocenters. The van der Waals surface area contributed by atoms with Gasteiger partial charge in [0, 0.05) is 18.5 Å². The number of nitrogens with zero attached hydrogens (tertiary/aromatic N) is 1. The highest BCUT2D eigenvalue weighted by atomic mass is 19.1. The van der Waals surface area contributed by atoms with Gasteiger partial charge in [0.2, 0.25) is 0 Å². The average molecular weight is 401 g/mol. The number of fused-ring (bicyclic) bond motifs is 3. The minimum absolute atomic E-state index is 0.253. The highest BCUT2D eigenvalue weighted by Gasteiger charge is 2.23. The smallest absolute Gasteiger partial charge is 0.344 e. The summed E-state index contributed by atoms with van der Waals surface area (Å²) < 4.78 is 24.9. The molecule has 0 N–H and O–H groups in total. The van der Waals surface area contributed by atoms with E-state index < -0.39 is 0 Å². The number of aryl methyl sites for hydroxylation is 1. The Labute approximate surface area is 173 Å². The Hall–Kier alpha value is -3.44. The van der Waals surface area contributed by atoms with Crippen LogP contribution in [0.3, 0.4) is 0 Å². The zero-order valence-electron chi connectivity index (χ0n) is 16.5. The first kappa shape index (κ1) is 18.6. The number of rotatable bonds is 3. The zero-order valence-corrected chi connectivity index (χ0v) is 16.5. The van der Waals surface area contributed by atoms with E-state index in [9.17, 15) is 9.18 Å². The van der Waals surface area contributed by atoms with Gasteiger partial charge < -0.3 is 9.15 Å². The van der Waals surface area contributed by atoms with Crippen LogP contribution in [0.2, 0.25) is 0 Å². The number of hydrogen-bond donors (Lipinski definition) is 0. The second kappa shape index (κ2) is 7.43. The molecule has 0 saturated carbocycles. The van der Waals surface area contributed by atoms with E-state index >= 15 is 0 Å². The van der Waals surface area contributed by atoms with E-state index in [1.165, 1.54) is 12.1 Å². The summed E-state index contributed by atoms with van der Waals surface area (Å²) in [6, 6.07) is 19.9. The van der Waals surface area contributed by atoms with Gasteiger partial charge in [-0.25, -0.2) is 9.18 Å². The number of benzene rings is 3. The molecule has 4 aromatic rings. The van der Waals surface area contributed by atoms with Crippen molar-refractivity contribution in [3.63, 3.8) is 0 Å². The Morgan fingerprint density at radius 3 is 2.53 bits per heavy atom. The fourth-order valence-electron chi connectivity index (χ4n) is 4.06. The van der Waals surface area contributed by atoms with E-state index in [1.807, 2.05) is 49.4 Å². The summed E-state index contributed by atoms with van der Waals surface area (Å²) >= 11 is 0. The minimum atomic E-state index is -0.352. The van der Waals surface area contributed by atoms with Gasteiger partial charge in [-0.1, -0.05) is 42.5 Å². The van der Waals surface area contributed by atoms with Gasteiger partial charge in [-0.3, -0.25) is 4.90 Å². The van der Waals surface area contributed by atoms with Crippen LogP contribution in [0.15, 0.2) is 75.9 Å². The average Bonchev–Trinajstić information content (AvgIpc) is 2.76. The first-order valence-electron chi connectivity index (χ1n) is 9.84. The third-order valence-corrected chi connectivity index (χ3v) is 5.56. The summed E-state index contributed by atoms with van der Waals surface area (Å²) in [6.07, 6.45) is 0. The Kier molecular flexibility index (Phi) is 4.60. The molecule has 5 rings (SSSR count). The van der Waals surface area contributed by atoms with Crippen LogP contribution < -0.4 is 10.4 Å². The fraction of sp³-hybridized carbons (Fsp3) is 0.160. The number of hydrogen-bond acceptors (Lipinski definition) is 4. The quantitative estimate of drug-likeness (QED) is 0.439. The maximum atomic E-state index is 13.2. The molecule has 5 heteroatoms. The van der Waals surface area contributed by atoms with E-state index in [0.717, 1.165) is 33.4 Å². The lowest BCUT2D eigenvalue weighted by molar-refractivity contribution is 0.0889. The van der Waals surface area contributed by atoms with Gasteiger partial charge in [0.1, 0.15) is 23.9 Å². The first-order chi connectivity index (χ1) is 14.6. The van der Waals surface area contributed by atoms with Crippen molar-refractivity contribution in [2.45, 2.75) is 20.0 Å². The van der Waals surface area contributed by atoms with Crippen LogP contribution in [-0.2, 0) is 13.1 Å². The van der Waals surface area contributed by atoms with Crippen LogP contribution in [0.5, 0.6) is 5.75 Å². The molecule has 1 aliphatic heterocycles. The van der Waals surface area contributed by atoms with Crippen molar-refractivity contribution in [1.82, 2.24) is 4.90 Å². The Morgan fingerprint density at radius 2 is 1.77 bits per heavy atom. The molecular formula is C25H20FNO3. The van der Waals surface area contributed by atoms with E-state index in [-0.39, 0.29) is 11.4 Å². The number of ether oxygens (including phenoxy) is 1. The molecule has 30 heavy (non-hydrogen) atoms. The molecular weight excluding hydrogens is 381 g/mol. The second-order valence-corrected chi connectivity index (χ2v) is 7.56. The molecule has 0 bridgehead atoms. The highest BCUT2D eigenvalue weighted by Crippen LogP contribution is 2.35. The molecule has 3 aromatic carbocycles. The van der Waals surface area contributed by atoms with Crippen molar-refractivity contribution >= 4 is 11.0 Å². The van der Waals surface area contributed by atoms with E-state index in [0.29, 0.717) is 31.0 Å². The molecule has 1 aliphatic rings. The van der Waals surface area contributed by atoms with Crippen LogP contribution in [-0.4, -0.2) is 11.6 Å². The Morgan fingerprint density at radius 1 is 1.00 bits per heavy atom. The van der Waals surface area contributed by atoms with Gasteiger partial charge in [-0.15, -0.1) is 0 Å². The van der Waals surface area contributed by atoms with Crippen molar-refractivity contribution in [1.29, 1.82) is 0 Å². The largest absolute Gasteiger partial charge is 0.478 e. The number of halogens is 1. The standard InChI is InChI=1S/C25H20FNO3/c1-16-20-11-12-22-21(14-27(15-29-22)13-17-7-9-19(26)10-8-17)24(20)30-25(28)23(16)18-5-3-2-4-6-18/h2-12H,13-15H2,1H3. The van der Waals surface area contributed by atoms with Crippen LogP contribution >= 0.6 is 0 Å². The van der Waals surface area contributed by atoms with Gasteiger partial charge in [-0.2, -0.15) is 0 Å². The summed E-state index contributed by atoms with van der Waals surface area (Å²) in [6.45, 7) is 3.56. The van der Waals surface area contributed by atoms with Gasteiger partial charge in [-0.05, 0) is 47.9 Å². The predicted molar refractivity (Wildman–Crippen MR) is 114 cm³/mol. The molecule has 2 heterocycles. The van der Waals surface area contributed by atoms with Crippen LogP contribution in [0, 0.1) is 12.7 Å². The third-order valence-electron chi connectivity index (χ3n) is 5.56. The zero-order chi connectivity index (χ0) is 20.7. The third kappa shape index (κ3) is 3.27. The first-order valence-corrected chi connectivity index (χ1v) is 9.84. The molecule has 0 radical (unpaired) electrons. The summed E-state index contributed by atoms with van der Waals surface area (Å²) in [7, 11) is 0. The SMILES string of the molecule is Cc1c(-c2ccccc2)c(=O)oc2c3c(ccc12)OCN(Cc1ccc(F)cc1)C3. The maximum absolute atomic E-state index is 13.2. The maximum Gasteiger partial charge on any atom is 0.344 e. The topological polar surface area (TPSA) is 42.7 Å². The fourth-order valence-corrected chi connectivity index (χ4v) is 4.06. The predicted octanol–water partition coefficient (Wildman–Crippen LogP) is 5.26.